The van der Waals surface area contributed by atoms with Crippen LogP contribution in [0.1, 0.15) is 22.2 Å². The van der Waals surface area contributed by atoms with Crippen molar-refractivity contribution in [2.45, 2.75) is 19.9 Å². The molecular formula is C9H10INO3S. The molecule has 0 fully saturated rings. The van der Waals surface area contributed by atoms with Crippen LogP contribution < -0.4 is 5.32 Å². The molecule has 0 aliphatic carbocycles. The van der Waals surface area contributed by atoms with Crippen LogP contribution in [0.5, 0.6) is 0 Å². The summed E-state index contributed by atoms with van der Waals surface area (Å²) in [7, 11) is 0. The number of carbonyl (C=O) groups is 2. The number of aryl methyl sites for hydroxylation is 1. The van der Waals surface area contributed by atoms with Gasteiger partial charge in [0.2, 0.25) is 0 Å². The van der Waals surface area contributed by atoms with E-state index in [4.69, 9.17) is 5.11 Å². The van der Waals surface area contributed by atoms with Gasteiger partial charge in [-0.25, -0.2) is 0 Å². The highest BCUT2D eigenvalue weighted by Gasteiger charge is 2.19. The first-order valence-corrected chi connectivity index (χ1v) is 6.16. The molecule has 0 unspecified atom stereocenters. The number of nitrogens with one attached hydrogen (secondary N) is 1. The molecule has 0 aromatic carbocycles. The number of amides is 1. The Kier molecular flexibility index (Phi) is 4.09. The number of hydrogen-bond acceptors (Lipinski definition) is 3. The van der Waals surface area contributed by atoms with E-state index >= 15 is 0 Å². The van der Waals surface area contributed by atoms with E-state index in [2.05, 4.69) is 27.9 Å². The van der Waals surface area contributed by atoms with Gasteiger partial charge in [0, 0.05) is 3.57 Å². The van der Waals surface area contributed by atoms with E-state index in [1.54, 1.807) is 0 Å². The van der Waals surface area contributed by atoms with E-state index in [-0.39, 0.29) is 5.91 Å². The first-order valence-electron chi connectivity index (χ1n) is 4.20. The van der Waals surface area contributed by atoms with Gasteiger partial charge in [0.1, 0.15) is 10.9 Å². The van der Waals surface area contributed by atoms with Gasteiger partial charge in [-0.2, -0.15) is 0 Å². The lowest BCUT2D eigenvalue weighted by Crippen LogP contribution is -2.38. The molecule has 0 aliphatic heterocycles. The van der Waals surface area contributed by atoms with Gasteiger partial charge in [0.15, 0.2) is 0 Å². The molecule has 0 saturated carbocycles. The maximum absolute atomic E-state index is 11.6. The minimum absolute atomic E-state index is 0.326. The Balaban J connectivity index is 2.78. The molecule has 4 nitrogen and oxygen atoms in total. The molecule has 0 saturated heterocycles. The van der Waals surface area contributed by atoms with E-state index in [1.807, 2.05) is 12.3 Å². The summed E-state index contributed by atoms with van der Waals surface area (Å²) in [6, 6.07) is -0.865. The van der Waals surface area contributed by atoms with Crippen LogP contribution in [0.4, 0.5) is 0 Å². The predicted molar refractivity (Wildman–Crippen MR) is 66.3 cm³/mol. The molecule has 6 heteroatoms. The van der Waals surface area contributed by atoms with Gasteiger partial charge < -0.3 is 10.4 Å². The second-order valence-electron chi connectivity index (χ2n) is 3.10. The highest BCUT2D eigenvalue weighted by Crippen LogP contribution is 2.23. The summed E-state index contributed by atoms with van der Waals surface area (Å²) >= 11 is 3.41. The van der Waals surface area contributed by atoms with Crippen molar-refractivity contribution >= 4 is 45.8 Å². The maximum atomic E-state index is 11.6. The van der Waals surface area contributed by atoms with Gasteiger partial charge in [-0.15, -0.1) is 11.3 Å². The van der Waals surface area contributed by atoms with Crippen molar-refractivity contribution in [1.82, 2.24) is 5.32 Å². The van der Waals surface area contributed by atoms with Crippen LogP contribution >= 0.6 is 33.9 Å². The molecule has 1 rings (SSSR count). The number of aliphatic carboxylic acids is 1. The van der Waals surface area contributed by atoms with Crippen LogP contribution in [0.2, 0.25) is 0 Å². The lowest BCUT2D eigenvalue weighted by atomic mass is 10.3. The van der Waals surface area contributed by atoms with Crippen LogP contribution in [-0.4, -0.2) is 23.0 Å². The summed E-state index contributed by atoms with van der Waals surface area (Å²) in [4.78, 5) is 22.7. The number of thiophene rings is 1. The second-order valence-corrected chi connectivity index (χ2v) is 5.05. The predicted octanol–water partition coefficient (Wildman–Crippen LogP) is 1.86. The van der Waals surface area contributed by atoms with Gasteiger partial charge >= 0.3 is 5.97 Å². The van der Waals surface area contributed by atoms with E-state index < -0.39 is 12.0 Å². The van der Waals surface area contributed by atoms with Crippen molar-refractivity contribution in [3.8, 4) is 0 Å². The van der Waals surface area contributed by atoms with Crippen molar-refractivity contribution in [2.24, 2.45) is 0 Å². The molecule has 2 N–H and O–H groups in total. The zero-order valence-corrected chi connectivity index (χ0v) is 11.2. The number of rotatable bonds is 3. The zero-order chi connectivity index (χ0) is 11.6. The normalized spacial score (nSPS) is 12.2. The Morgan fingerprint density at radius 3 is 2.60 bits per heavy atom. The minimum Gasteiger partial charge on any atom is -0.480 e. The summed E-state index contributed by atoms with van der Waals surface area (Å²) in [5.74, 6) is -1.36. The molecule has 1 aromatic heterocycles. The Bertz CT molecular complexity index is 402. The lowest BCUT2D eigenvalue weighted by Gasteiger charge is -2.08. The van der Waals surface area contributed by atoms with Crippen molar-refractivity contribution in [1.29, 1.82) is 0 Å². The summed E-state index contributed by atoms with van der Waals surface area (Å²) in [5, 5.41) is 12.9. The molecule has 0 radical (unpaired) electrons. The number of carboxylic acid groups (broad SMARTS) is 1. The number of hydrogen-bond donors (Lipinski definition) is 2. The van der Waals surface area contributed by atoms with Crippen molar-refractivity contribution < 1.29 is 14.7 Å². The summed E-state index contributed by atoms with van der Waals surface area (Å²) in [6.45, 7) is 3.35. The van der Waals surface area contributed by atoms with E-state index in [0.717, 1.165) is 9.13 Å². The zero-order valence-electron chi connectivity index (χ0n) is 8.20. The molecule has 0 spiro atoms. The van der Waals surface area contributed by atoms with Crippen molar-refractivity contribution in [3.05, 3.63) is 19.4 Å². The van der Waals surface area contributed by atoms with E-state index in [9.17, 15) is 9.59 Å². The van der Waals surface area contributed by atoms with Crippen LogP contribution in [0, 0.1) is 10.5 Å². The molecule has 15 heavy (non-hydrogen) atoms. The third-order valence-corrected chi connectivity index (χ3v) is 4.68. The number of halogens is 1. The SMILES string of the molecule is Cc1csc(C(=O)N[C@H](C)C(=O)O)c1I. The fourth-order valence-electron chi connectivity index (χ4n) is 0.907. The van der Waals surface area contributed by atoms with Crippen LogP contribution in [-0.2, 0) is 4.79 Å². The quantitative estimate of drug-likeness (QED) is 0.827. The van der Waals surface area contributed by atoms with Gasteiger partial charge in [0.25, 0.3) is 5.91 Å². The minimum atomic E-state index is -1.04. The number of carbonyl (C=O) groups excluding carboxylic acids is 1. The fourth-order valence-corrected chi connectivity index (χ4v) is 2.74. The van der Waals surface area contributed by atoms with Crippen molar-refractivity contribution in [2.75, 3.05) is 0 Å². The average molecular weight is 339 g/mol. The van der Waals surface area contributed by atoms with E-state index in [1.165, 1.54) is 18.3 Å². The topological polar surface area (TPSA) is 66.4 Å². The molecule has 82 valence electrons. The van der Waals surface area contributed by atoms with Gasteiger partial charge in [-0.3, -0.25) is 9.59 Å². The largest absolute Gasteiger partial charge is 0.480 e. The number of carboxylic acids is 1. The third-order valence-electron chi connectivity index (χ3n) is 1.82. The first kappa shape index (κ1) is 12.4. The van der Waals surface area contributed by atoms with E-state index in [0.29, 0.717) is 4.88 Å². The smallest absolute Gasteiger partial charge is 0.325 e. The van der Waals surface area contributed by atoms with Gasteiger partial charge in [0.05, 0.1) is 0 Å². The fraction of sp³-hybridized carbons (Fsp3) is 0.333. The summed E-state index contributed by atoms with van der Waals surface area (Å²) in [5.41, 5.74) is 1.04. The molecule has 0 aliphatic rings. The standard InChI is InChI=1S/C9H10INO3S/c1-4-3-15-7(6(4)10)8(12)11-5(2)9(13)14/h3,5H,1-2H3,(H,11,12)(H,13,14)/t5-/m1/s1. The Morgan fingerprint density at radius 2 is 2.20 bits per heavy atom. The summed E-state index contributed by atoms with van der Waals surface area (Å²) in [6.07, 6.45) is 0. The molecule has 0 bridgehead atoms. The Labute approximate surface area is 105 Å². The summed E-state index contributed by atoms with van der Waals surface area (Å²) < 4.78 is 0.882. The second kappa shape index (κ2) is 4.93. The molecule has 1 atom stereocenters. The molecule has 1 amide bonds. The van der Waals surface area contributed by atoms with Crippen LogP contribution in [0.3, 0.4) is 0 Å². The molecular weight excluding hydrogens is 329 g/mol. The Hall–Kier alpha value is -0.630. The highest BCUT2D eigenvalue weighted by atomic mass is 127. The van der Waals surface area contributed by atoms with Crippen molar-refractivity contribution in [3.63, 3.8) is 0 Å². The highest BCUT2D eigenvalue weighted by molar-refractivity contribution is 14.1. The van der Waals surface area contributed by atoms with Crippen LogP contribution in [0.25, 0.3) is 0 Å². The lowest BCUT2D eigenvalue weighted by molar-refractivity contribution is -0.138. The van der Waals surface area contributed by atoms with Crippen LogP contribution in [0.15, 0.2) is 5.38 Å². The van der Waals surface area contributed by atoms with Gasteiger partial charge in [-0.1, -0.05) is 0 Å². The first-order chi connectivity index (χ1) is 6.93. The monoisotopic (exact) mass is 339 g/mol. The third kappa shape index (κ3) is 2.91. The van der Waals surface area contributed by atoms with Gasteiger partial charge in [-0.05, 0) is 47.4 Å². The maximum Gasteiger partial charge on any atom is 0.325 e. The average Bonchev–Trinajstić information content (AvgIpc) is 2.47. The Morgan fingerprint density at radius 1 is 1.60 bits per heavy atom. The molecule has 1 heterocycles. The molecule has 1 aromatic rings.